The molecule has 0 saturated carbocycles. The summed E-state index contributed by atoms with van der Waals surface area (Å²) < 4.78 is 28.3. The highest BCUT2D eigenvalue weighted by molar-refractivity contribution is 7.85. The van der Waals surface area contributed by atoms with E-state index in [0.717, 1.165) is 15.6 Å². The molecule has 0 saturated heterocycles. The van der Waals surface area contributed by atoms with Gasteiger partial charge >= 0.3 is 0 Å². The van der Waals surface area contributed by atoms with Crippen LogP contribution in [0.1, 0.15) is 6.42 Å². The van der Waals surface area contributed by atoms with Crippen LogP contribution in [0.5, 0.6) is 0 Å². The maximum atomic E-state index is 10.1. The molecule has 0 rings (SSSR count). The van der Waals surface area contributed by atoms with Gasteiger partial charge in [-0.25, -0.2) is 0 Å². The van der Waals surface area contributed by atoms with Crippen molar-refractivity contribution in [1.29, 1.82) is 0 Å². The van der Waals surface area contributed by atoms with Gasteiger partial charge in [0.25, 0.3) is 10.1 Å². The zero-order chi connectivity index (χ0) is 7.33. The highest BCUT2D eigenvalue weighted by Gasteiger charge is 2.01. The van der Waals surface area contributed by atoms with E-state index in [2.05, 4.69) is 0 Å². The van der Waals surface area contributed by atoms with E-state index in [1.54, 1.807) is 0 Å². The average Bonchev–Trinajstić information content (AvgIpc) is 1.63. The third-order valence-electron chi connectivity index (χ3n) is 0.829. The lowest BCUT2D eigenvalue weighted by atomic mass is 10.6. The first-order chi connectivity index (χ1) is 4.06. The largest absolute Gasteiger partial charge is 0.286 e. The molecule has 0 aliphatic heterocycles. The van der Waals surface area contributed by atoms with E-state index >= 15 is 0 Å². The quantitative estimate of drug-likeness (QED) is 0.374. The summed E-state index contributed by atoms with van der Waals surface area (Å²) in [6.45, 7) is 2.00. The molecule has 0 atom stereocenters. The second-order valence-electron chi connectivity index (χ2n) is 1.74. The molecule has 9 heavy (non-hydrogen) atoms. The standard InChI is InChI=1S/C4H10O3SSi/c1-9-4-2-3-8(5,6)7/h2-4H2,1H3,(H,5,6,7). The van der Waals surface area contributed by atoms with Crippen molar-refractivity contribution < 1.29 is 13.0 Å². The van der Waals surface area contributed by atoms with Gasteiger partial charge in [-0.05, 0) is 6.42 Å². The van der Waals surface area contributed by atoms with Crippen LogP contribution in [-0.4, -0.2) is 28.2 Å². The number of rotatable bonds is 4. The normalized spacial score (nSPS) is 11.8. The predicted octanol–water partition coefficient (Wildman–Crippen LogP) is 0.435. The van der Waals surface area contributed by atoms with Gasteiger partial charge in [-0.15, -0.1) is 0 Å². The molecular weight excluding hydrogens is 156 g/mol. The summed E-state index contributed by atoms with van der Waals surface area (Å²) in [6, 6.07) is 0.889. The van der Waals surface area contributed by atoms with Gasteiger partial charge in [0.15, 0.2) is 0 Å². The van der Waals surface area contributed by atoms with E-state index in [0.29, 0.717) is 6.42 Å². The molecule has 0 aliphatic rings. The molecule has 2 radical (unpaired) electrons. The molecule has 0 aromatic heterocycles. The molecule has 0 heterocycles. The topological polar surface area (TPSA) is 54.4 Å². The van der Waals surface area contributed by atoms with Crippen LogP contribution in [0.2, 0.25) is 12.6 Å². The Labute approximate surface area is 58.0 Å². The second-order valence-corrected chi connectivity index (χ2v) is 4.52. The van der Waals surface area contributed by atoms with Crippen LogP contribution in [0.4, 0.5) is 0 Å². The van der Waals surface area contributed by atoms with Gasteiger partial charge in [0.2, 0.25) is 0 Å². The molecular formula is C4H10O3SSi. The fourth-order valence-electron chi connectivity index (χ4n) is 0.431. The zero-order valence-electron chi connectivity index (χ0n) is 5.29. The van der Waals surface area contributed by atoms with E-state index in [9.17, 15) is 8.42 Å². The average molecular weight is 166 g/mol. The summed E-state index contributed by atoms with van der Waals surface area (Å²) in [5.41, 5.74) is 0. The molecule has 0 unspecified atom stereocenters. The van der Waals surface area contributed by atoms with Crippen LogP contribution < -0.4 is 0 Å². The van der Waals surface area contributed by atoms with Gasteiger partial charge in [0.1, 0.15) is 0 Å². The first-order valence-electron chi connectivity index (χ1n) is 2.66. The van der Waals surface area contributed by atoms with Crippen molar-refractivity contribution in [2.75, 3.05) is 5.75 Å². The zero-order valence-corrected chi connectivity index (χ0v) is 7.11. The lowest BCUT2D eigenvalue weighted by molar-refractivity contribution is 0.482. The maximum absolute atomic E-state index is 10.1. The van der Waals surface area contributed by atoms with Crippen LogP contribution >= 0.6 is 0 Å². The second kappa shape index (κ2) is 4.03. The summed E-state index contributed by atoms with van der Waals surface area (Å²) in [5, 5.41) is 0. The summed E-state index contributed by atoms with van der Waals surface area (Å²) >= 11 is 0. The fourth-order valence-corrected chi connectivity index (χ4v) is 1.73. The van der Waals surface area contributed by atoms with Gasteiger partial charge in [-0.3, -0.25) is 4.55 Å². The number of hydrogen-bond acceptors (Lipinski definition) is 2. The Hall–Kier alpha value is 0.127. The van der Waals surface area contributed by atoms with Gasteiger partial charge < -0.3 is 0 Å². The van der Waals surface area contributed by atoms with E-state index in [1.165, 1.54) is 0 Å². The Bertz CT molecular complexity index is 151. The minimum Gasteiger partial charge on any atom is -0.286 e. The Kier molecular flexibility index (Phi) is 4.08. The molecule has 0 aromatic carbocycles. The monoisotopic (exact) mass is 166 g/mol. The third-order valence-corrected chi connectivity index (χ3v) is 2.49. The summed E-state index contributed by atoms with van der Waals surface area (Å²) in [6.07, 6.45) is 0.577. The number of hydrogen-bond donors (Lipinski definition) is 1. The van der Waals surface area contributed by atoms with E-state index in [1.807, 2.05) is 6.55 Å². The Balaban J connectivity index is 3.30. The summed E-state index contributed by atoms with van der Waals surface area (Å²) in [5.74, 6) is -0.0894. The van der Waals surface area contributed by atoms with Crippen molar-refractivity contribution >= 4 is 19.6 Å². The smallest absolute Gasteiger partial charge is 0.264 e. The molecule has 0 bridgehead atoms. The van der Waals surface area contributed by atoms with Crippen molar-refractivity contribution in [3.8, 4) is 0 Å². The van der Waals surface area contributed by atoms with Gasteiger partial charge in [-0.2, -0.15) is 8.42 Å². The highest BCUT2D eigenvalue weighted by Crippen LogP contribution is 1.92. The molecule has 0 aromatic rings. The van der Waals surface area contributed by atoms with Gasteiger partial charge in [0.05, 0.1) is 5.75 Å². The van der Waals surface area contributed by atoms with E-state index < -0.39 is 10.1 Å². The van der Waals surface area contributed by atoms with Gasteiger partial charge in [-0.1, -0.05) is 12.6 Å². The predicted molar refractivity (Wildman–Crippen MR) is 37.5 cm³/mol. The SMILES string of the molecule is C[Si]CCCS(=O)(=O)O. The van der Waals surface area contributed by atoms with Crippen molar-refractivity contribution in [1.82, 2.24) is 0 Å². The van der Waals surface area contributed by atoms with E-state index in [4.69, 9.17) is 4.55 Å². The first kappa shape index (κ1) is 9.13. The fraction of sp³-hybridized carbons (Fsp3) is 1.00. The van der Waals surface area contributed by atoms with Gasteiger partial charge in [0, 0.05) is 9.52 Å². The maximum Gasteiger partial charge on any atom is 0.264 e. The van der Waals surface area contributed by atoms with Crippen molar-refractivity contribution in [2.24, 2.45) is 0 Å². The van der Waals surface area contributed by atoms with Crippen LogP contribution in [0.3, 0.4) is 0 Å². The van der Waals surface area contributed by atoms with Crippen molar-refractivity contribution in [3.05, 3.63) is 0 Å². The summed E-state index contributed by atoms with van der Waals surface area (Å²) in [7, 11) is -2.92. The van der Waals surface area contributed by atoms with E-state index in [-0.39, 0.29) is 5.75 Å². The van der Waals surface area contributed by atoms with Crippen LogP contribution in [-0.2, 0) is 10.1 Å². The highest BCUT2D eigenvalue weighted by atomic mass is 32.2. The molecule has 1 N–H and O–H groups in total. The molecule has 5 heteroatoms. The van der Waals surface area contributed by atoms with Crippen molar-refractivity contribution in [2.45, 2.75) is 19.0 Å². The lowest BCUT2D eigenvalue weighted by Crippen LogP contribution is -2.03. The van der Waals surface area contributed by atoms with Crippen LogP contribution in [0, 0.1) is 0 Å². The van der Waals surface area contributed by atoms with Crippen molar-refractivity contribution in [3.63, 3.8) is 0 Å². The van der Waals surface area contributed by atoms with Crippen LogP contribution in [0.15, 0.2) is 0 Å². The molecule has 0 fully saturated rings. The summed E-state index contributed by atoms with van der Waals surface area (Å²) in [4.78, 5) is 0. The Morgan fingerprint density at radius 2 is 2.11 bits per heavy atom. The first-order valence-corrected chi connectivity index (χ1v) is 5.97. The lowest BCUT2D eigenvalue weighted by Gasteiger charge is -1.92. The third kappa shape index (κ3) is 8.13. The minimum atomic E-state index is -3.69. The Morgan fingerprint density at radius 1 is 1.56 bits per heavy atom. The molecule has 0 aliphatic carbocycles. The molecule has 0 amide bonds. The minimum absolute atomic E-state index is 0.0894. The molecule has 54 valence electrons. The Morgan fingerprint density at radius 3 is 2.44 bits per heavy atom. The molecule has 0 spiro atoms. The molecule has 3 nitrogen and oxygen atoms in total. The van der Waals surface area contributed by atoms with Crippen LogP contribution in [0.25, 0.3) is 0 Å².